The molecule has 2 N–H and O–H groups in total. The van der Waals surface area contributed by atoms with Crippen LogP contribution in [0.15, 0.2) is 48.5 Å². The molecule has 0 saturated carbocycles. The number of benzene rings is 2. The fraction of sp³-hybridized carbons (Fsp3) is 0.316. The average Bonchev–Trinajstić information content (AvgIpc) is 2.56. The van der Waals surface area contributed by atoms with Gasteiger partial charge in [0, 0.05) is 17.9 Å². The number of fused-ring (bicyclic) bond motifs is 1. The predicted octanol–water partition coefficient (Wildman–Crippen LogP) is 4.60. The molecule has 23 heavy (non-hydrogen) atoms. The van der Waals surface area contributed by atoms with Gasteiger partial charge in [0.25, 0.3) is 0 Å². The SMILES string of the molecule is CCC(C(=O)Nc1ccc2c(c1)CCCN2)c1ccccc1.Cl. The first-order valence-electron chi connectivity index (χ1n) is 8.00. The molecule has 3 rings (SSSR count). The van der Waals surface area contributed by atoms with Gasteiger partial charge in [-0.15, -0.1) is 12.4 Å². The quantitative estimate of drug-likeness (QED) is 0.860. The smallest absolute Gasteiger partial charge is 0.231 e. The molecule has 0 aliphatic carbocycles. The molecule has 1 amide bonds. The van der Waals surface area contributed by atoms with Gasteiger partial charge in [-0.3, -0.25) is 4.79 Å². The minimum absolute atomic E-state index is 0. The molecule has 1 heterocycles. The lowest BCUT2D eigenvalue weighted by Gasteiger charge is -2.20. The maximum absolute atomic E-state index is 12.6. The van der Waals surface area contributed by atoms with Gasteiger partial charge in [0.1, 0.15) is 0 Å². The lowest BCUT2D eigenvalue weighted by Crippen LogP contribution is -2.21. The summed E-state index contributed by atoms with van der Waals surface area (Å²) in [6, 6.07) is 16.1. The predicted molar refractivity (Wildman–Crippen MR) is 98.6 cm³/mol. The van der Waals surface area contributed by atoms with Crippen LogP contribution in [0.25, 0.3) is 0 Å². The molecule has 3 nitrogen and oxygen atoms in total. The van der Waals surface area contributed by atoms with Crippen LogP contribution < -0.4 is 10.6 Å². The van der Waals surface area contributed by atoms with E-state index >= 15 is 0 Å². The Balaban J connectivity index is 0.00000192. The van der Waals surface area contributed by atoms with Gasteiger partial charge in [-0.05, 0) is 48.6 Å². The molecule has 1 unspecified atom stereocenters. The molecule has 0 fully saturated rings. The summed E-state index contributed by atoms with van der Waals surface area (Å²) < 4.78 is 0. The number of hydrogen-bond donors (Lipinski definition) is 2. The largest absolute Gasteiger partial charge is 0.385 e. The van der Waals surface area contributed by atoms with Crippen molar-refractivity contribution in [1.82, 2.24) is 0 Å². The van der Waals surface area contributed by atoms with Gasteiger partial charge in [-0.2, -0.15) is 0 Å². The second-order valence-electron chi connectivity index (χ2n) is 5.76. The lowest BCUT2D eigenvalue weighted by atomic mass is 9.95. The van der Waals surface area contributed by atoms with E-state index in [0.29, 0.717) is 0 Å². The van der Waals surface area contributed by atoms with Crippen LogP contribution in [-0.4, -0.2) is 12.5 Å². The molecule has 0 radical (unpaired) electrons. The first-order chi connectivity index (χ1) is 10.8. The van der Waals surface area contributed by atoms with Crippen LogP contribution in [0, 0.1) is 0 Å². The van der Waals surface area contributed by atoms with Crippen molar-refractivity contribution in [2.45, 2.75) is 32.1 Å². The Morgan fingerprint density at radius 2 is 2.00 bits per heavy atom. The minimum Gasteiger partial charge on any atom is -0.385 e. The molecule has 0 aromatic heterocycles. The highest BCUT2D eigenvalue weighted by Gasteiger charge is 2.19. The van der Waals surface area contributed by atoms with Crippen LogP contribution in [-0.2, 0) is 11.2 Å². The zero-order valence-electron chi connectivity index (χ0n) is 13.3. The van der Waals surface area contributed by atoms with Gasteiger partial charge < -0.3 is 10.6 Å². The molecule has 4 heteroatoms. The molecule has 0 spiro atoms. The van der Waals surface area contributed by atoms with Crippen molar-refractivity contribution in [3.63, 3.8) is 0 Å². The Hall–Kier alpha value is -2.00. The maximum Gasteiger partial charge on any atom is 0.231 e. The summed E-state index contributed by atoms with van der Waals surface area (Å²) in [5, 5.41) is 6.47. The van der Waals surface area contributed by atoms with E-state index < -0.39 is 0 Å². The molecule has 0 bridgehead atoms. The third kappa shape index (κ3) is 4.05. The number of amides is 1. The van der Waals surface area contributed by atoms with Crippen molar-refractivity contribution in [1.29, 1.82) is 0 Å². The highest BCUT2D eigenvalue weighted by atomic mass is 35.5. The summed E-state index contributed by atoms with van der Waals surface area (Å²) in [5.74, 6) is -0.0345. The zero-order chi connectivity index (χ0) is 15.4. The number of carbonyl (C=O) groups excluding carboxylic acids is 1. The molecule has 2 aromatic rings. The highest BCUT2D eigenvalue weighted by molar-refractivity contribution is 5.96. The maximum atomic E-state index is 12.6. The summed E-state index contributed by atoms with van der Waals surface area (Å²) >= 11 is 0. The Labute approximate surface area is 143 Å². The van der Waals surface area contributed by atoms with Crippen LogP contribution in [0.1, 0.15) is 36.8 Å². The Morgan fingerprint density at radius 1 is 1.22 bits per heavy atom. The Kier molecular flexibility index (Phi) is 6.05. The molecular formula is C19H23ClN2O. The summed E-state index contributed by atoms with van der Waals surface area (Å²) in [6.45, 7) is 3.08. The molecule has 1 aliphatic rings. The Morgan fingerprint density at radius 3 is 2.74 bits per heavy atom. The first-order valence-corrected chi connectivity index (χ1v) is 8.00. The fourth-order valence-corrected chi connectivity index (χ4v) is 3.04. The van der Waals surface area contributed by atoms with Gasteiger partial charge in [-0.25, -0.2) is 0 Å². The van der Waals surface area contributed by atoms with Crippen molar-refractivity contribution in [2.24, 2.45) is 0 Å². The molecular weight excluding hydrogens is 308 g/mol. The number of nitrogens with one attached hydrogen (secondary N) is 2. The second-order valence-corrected chi connectivity index (χ2v) is 5.76. The zero-order valence-corrected chi connectivity index (χ0v) is 14.2. The number of anilines is 2. The number of aryl methyl sites for hydroxylation is 1. The van der Waals surface area contributed by atoms with E-state index in [-0.39, 0.29) is 24.2 Å². The summed E-state index contributed by atoms with van der Waals surface area (Å²) in [7, 11) is 0. The van der Waals surface area contributed by atoms with Crippen LogP contribution >= 0.6 is 12.4 Å². The molecule has 0 saturated heterocycles. The molecule has 122 valence electrons. The molecule has 1 aliphatic heterocycles. The first kappa shape index (κ1) is 17.4. The standard InChI is InChI=1S/C19H22N2O.ClH/c1-2-17(14-7-4-3-5-8-14)19(22)21-16-10-11-18-15(13-16)9-6-12-20-18;/h3-5,7-8,10-11,13,17,20H,2,6,9,12H2,1H3,(H,21,22);1H. The summed E-state index contributed by atoms with van der Waals surface area (Å²) in [6.07, 6.45) is 3.01. The van der Waals surface area contributed by atoms with Crippen LogP contribution in [0.4, 0.5) is 11.4 Å². The third-order valence-corrected chi connectivity index (χ3v) is 4.24. The lowest BCUT2D eigenvalue weighted by molar-refractivity contribution is -0.117. The van der Waals surface area contributed by atoms with Gasteiger partial charge in [0.15, 0.2) is 0 Å². The Bertz CT molecular complexity index is 658. The van der Waals surface area contributed by atoms with E-state index in [0.717, 1.165) is 37.1 Å². The average molecular weight is 331 g/mol. The summed E-state index contributed by atoms with van der Waals surface area (Å²) in [4.78, 5) is 12.6. The van der Waals surface area contributed by atoms with E-state index in [9.17, 15) is 4.79 Å². The number of rotatable bonds is 4. The van der Waals surface area contributed by atoms with E-state index in [1.807, 2.05) is 43.3 Å². The topological polar surface area (TPSA) is 41.1 Å². The van der Waals surface area contributed by atoms with Gasteiger partial charge >= 0.3 is 0 Å². The minimum atomic E-state index is -0.102. The number of hydrogen-bond acceptors (Lipinski definition) is 2. The van der Waals surface area contributed by atoms with Crippen molar-refractivity contribution >= 4 is 29.7 Å². The van der Waals surface area contributed by atoms with Crippen molar-refractivity contribution < 1.29 is 4.79 Å². The monoisotopic (exact) mass is 330 g/mol. The van der Waals surface area contributed by atoms with Crippen LogP contribution in [0.3, 0.4) is 0 Å². The van der Waals surface area contributed by atoms with Crippen molar-refractivity contribution in [3.8, 4) is 0 Å². The molecule has 2 aromatic carbocycles. The van der Waals surface area contributed by atoms with Crippen molar-refractivity contribution in [2.75, 3.05) is 17.2 Å². The van der Waals surface area contributed by atoms with Gasteiger partial charge in [-0.1, -0.05) is 37.3 Å². The number of halogens is 1. The summed E-state index contributed by atoms with van der Waals surface area (Å²) in [5.41, 5.74) is 4.44. The van der Waals surface area contributed by atoms with E-state index in [1.165, 1.54) is 11.3 Å². The second kappa shape index (κ2) is 8.02. The van der Waals surface area contributed by atoms with E-state index in [4.69, 9.17) is 0 Å². The van der Waals surface area contributed by atoms with Gasteiger partial charge in [0.05, 0.1) is 5.92 Å². The number of carbonyl (C=O) groups is 1. The van der Waals surface area contributed by atoms with Gasteiger partial charge in [0.2, 0.25) is 5.91 Å². The highest BCUT2D eigenvalue weighted by Crippen LogP contribution is 2.27. The molecule has 1 atom stereocenters. The third-order valence-electron chi connectivity index (χ3n) is 4.24. The van der Waals surface area contributed by atoms with Crippen LogP contribution in [0.2, 0.25) is 0 Å². The van der Waals surface area contributed by atoms with E-state index in [1.54, 1.807) is 0 Å². The normalized spacial score (nSPS) is 14.0. The van der Waals surface area contributed by atoms with Crippen molar-refractivity contribution in [3.05, 3.63) is 59.7 Å². The fourth-order valence-electron chi connectivity index (χ4n) is 3.04. The van der Waals surface area contributed by atoms with Crippen LogP contribution in [0.5, 0.6) is 0 Å². The van der Waals surface area contributed by atoms with E-state index in [2.05, 4.69) is 22.8 Å².